The molecule has 0 bridgehead atoms. The molecule has 2 aromatic rings. The van der Waals surface area contributed by atoms with Gasteiger partial charge in [0.05, 0.1) is 12.3 Å². The number of nitrogens with zero attached hydrogens (tertiary/aromatic N) is 2. The summed E-state index contributed by atoms with van der Waals surface area (Å²) in [6.45, 7) is 5.57. The SMILES string of the molecule is Cc1nc(-c2ccccc2)nc(C(=O)O)c1C(=O)OCC(C)C. The first-order chi connectivity index (χ1) is 10.9. The van der Waals surface area contributed by atoms with Gasteiger partial charge in [-0.15, -0.1) is 0 Å². The Morgan fingerprint density at radius 2 is 1.83 bits per heavy atom. The summed E-state index contributed by atoms with van der Waals surface area (Å²) in [4.78, 5) is 32.0. The van der Waals surface area contributed by atoms with Crippen LogP contribution in [0.4, 0.5) is 0 Å². The van der Waals surface area contributed by atoms with Gasteiger partial charge in [-0.1, -0.05) is 44.2 Å². The molecule has 1 heterocycles. The Morgan fingerprint density at radius 3 is 2.39 bits per heavy atom. The Balaban J connectivity index is 2.48. The van der Waals surface area contributed by atoms with Crippen LogP contribution in [-0.2, 0) is 4.74 Å². The molecule has 0 saturated heterocycles. The number of ether oxygens (including phenoxy) is 1. The highest BCUT2D eigenvalue weighted by molar-refractivity contribution is 6.02. The van der Waals surface area contributed by atoms with E-state index in [-0.39, 0.29) is 35.3 Å². The van der Waals surface area contributed by atoms with Crippen molar-refractivity contribution in [2.45, 2.75) is 20.8 Å². The van der Waals surface area contributed by atoms with Crippen LogP contribution in [-0.4, -0.2) is 33.6 Å². The topological polar surface area (TPSA) is 89.4 Å². The van der Waals surface area contributed by atoms with Gasteiger partial charge in [0, 0.05) is 5.56 Å². The molecule has 1 N–H and O–H groups in total. The minimum absolute atomic E-state index is 0.0992. The molecule has 0 fully saturated rings. The van der Waals surface area contributed by atoms with Gasteiger partial charge in [0.2, 0.25) is 0 Å². The van der Waals surface area contributed by atoms with Gasteiger partial charge in [-0.25, -0.2) is 19.6 Å². The van der Waals surface area contributed by atoms with E-state index < -0.39 is 11.9 Å². The summed E-state index contributed by atoms with van der Waals surface area (Å²) in [5, 5.41) is 9.39. The Morgan fingerprint density at radius 1 is 1.17 bits per heavy atom. The van der Waals surface area contributed by atoms with E-state index in [1.54, 1.807) is 31.2 Å². The first-order valence-corrected chi connectivity index (χ1v) is 7.24. The predicted octanol–water partition coefficient (Wildman–Crippen LogP) is 2.96. The molecule has 23 heavy (non-hydrogen) atoms. The monoisotopic (exact) mass is 314 g/mol. The number of aryl methyl sites for hydroxylation is 1. The fourth-order valence-electron chi connectivity index (χ4n) is 2.00. The van der Waals surface area contributed by atoms with Gasteiger partial charge in [-0.05, 0) is 12.8 Å². The van der Waals surface area contributed by atoms with Crippen molar-refractivity contribution in [2.75, 3.05) is 6.61 Å². The van der Waals surface area contributed by atoms with Crippen molar-refractivity contribution in [1.82, 2.24) is 9.97 Å². The highest BCUT2D eigenvalue weighted by Gasteiger charge is 2.25. The molecule has 0 saturated carbocycles. The fraction of sp³-hybridized carbons (Fsp3) is 0.294. The lowest BCUT2D eigenvalue weighted by Crippen LogP contribution is -2.19. The molecule has 0 atom stereocenters. The Labute approximate surface area is 134 Å². The molecular weight excluding hydrogens is 296 g/mol. The van der Waals surface area contributed by atoms with Crippen molar-refractivity contribution in [2.24, 2.45) is 5.92 Å². The van der Waals surface area contributed by atoms with E-state index in [9.17, 15) is 14.7 Å². The summed E-state index contributed by atoms with van der Waals surface area (Å²) in [6.07, 6.45) is 0. The number of aromatic carboxylic acids is 1. The summed E-state index contributed by atoms with van der Waals surface area (Å²) in [5.41, 5.74) is 0.521. The average Bonchev–Trinajstić information content (AvgIpc) is 2.52. The molecule has 0 aliphatic rings. The van der Waals surface area contributed by atoms with Gasteiger partial charge in [0.1, 0.15) is 5.56 Å². The lowest BCUT2D eigenvalue weighted by Gasteiger charge is -2.12. The number of esters is 1. The van der Waals surface area contributed by atoms with Crippen molar-refractivity contribution >= 4 is 11.9 Å². The molecule has 0 aliphatic heterocycles. The zero-order valence-corrected chi connectivity index (χ0v) is 13.2. The molecule has 0 unspecified atom stereocenters. The van der Waals surface area contributed by atoms with Crippen LogP contribution in [0.2, 0.25) is 0 Å². The van der Waals surface area contributed by atoms with E-state index in [0.29, 0.717) is 5.56 Å². The van der Waals surface area contributed by atoms with E-state index in [4.69, 9.17) is 4.74 Å². The number of carbonyl (C=O) groups is 2. The molecular formula is C17H18N2O4. The third-order valence-corrected chi connectivity index (χ3v) is 3.08. The number of hydrogen-bond acceptors (Lipinski definition) is 5. The third kappa shape index (κ3) is 3.91. The smallest absolute Gasteiger partial charge is 0.355 e. The van der Waals surface area contributed by atoms with E-state index in [1.807, 2.05) is 19.9 Å². The third-order valence-electron chi connectivity index (χ3n) is 3.08. The van der Waals surface area contributed by atoms with Gasteiger partial charge in [-0.3, -0.25) is 0 Å². The van der Waals surface area contributed by atoms with Crippen LogP contribution < -0.4 is 0 Å². The molecule has 120 valence electrons. The Kier molecular flexibility index (Phi) is 5.05. The predicted molar refractivity (Wildman–Crippen MR) is 84.3 cm³/mol. The van der Waals surface area contributed by atoms with E-state index in [1.165, 1.54) is 0 Å². The van der Waals surface area contributed by atoms with Crippen molar-refractivity contribution in [1.29, 1.82) is 0 Å². The molecule has 1 aromatic carbocycles. The van der Waals surface area contributed by atoms with E-state index in [2.05, 4.69) is 9.97 Å². The van der Waals surface area contributed by atoms with Gasteiger partial charge >= 0.3 is 11.9 Å². The van der Waals surface area contributed by atoms with Crippen molar-refractivity contribution in [3.05, 3.63) is 47.3 Å². The Bertz CT molecular complexity index is 727. The van der Waals surface area contributed by atoms with Gasteiger partial charge in [-0.2, -0.15) is 0 Å². The molecule has 0 radical (unpaired) electrons. The molecule has 2 rings (SSSR count). The number of aromatic nitrogens is 2. The molecule has 6 heteroatoms. The van der Waals surface area contributed by atoms with Crippen LogP contribution in [0.15, 0.2) is 30.3 Å². The number of carboxylic acids is 1. The Hall–Kier alpha value is -2.76. The molecule has 6 nitrogen and oxygen atoms in total. The summed E-state index contributed by atoms with van der Waals surface area (Å²) >= 11 is 0. The normalized spacial score (nSPS) is 10.6. The summed E-state index contributed by atoms with van der Waals surface area (Å²) in [5.74, 6) is -1.59. The van der Waals surface area contributed by atoms with Crippen LogP contribution >= 0.6 is 0 Å². The molecule has 0 spiro atoms. The standard InChI is InChI=1S/C17H18N2O4/c1-10(2)9-23-17(22)13-11(3)18-15(19-14(13)16(20)21)12-7-5-4-6-8-12/h4-8,10H,9H2,1-3H3,(H,20,21). The van der Waals surface area contributed by atoms with E-state index >= 15 is 0 Å². The molecule has 0 amide bonds. The van der Waals surface area contributed by atoms with Crippen molar-refractivity contribution in [3.8, 4) is 11.4 Å². The minimum atomic E-state index is -1.29. The zero-order chi connectivity index (χ0) is 17.0. The van der Waals surface area contributed by atoms with Crippen LogP contribution in [0.25, 0.3) is 11.4 Å². The van der Waals surface area contributed by atoms with Crippen molar-refractivity contribution < 1.29 is 19.4 Å². The lowest BCUT2D eigenvalue weighted by molar-refractivity contribution is 0.0447. The minimum Gasteiger partial charge on any atom is -0.476 e. The molecule has 0 aliphatic carbocycles. The van der Waals surface area contributed by atoms with Crippen LogP contribution in [0.3, 0.4) is 0 Å². The summed E-state index contributed by atoms with van der Waals surface area (Å²) in [7, 11) is 0. The number of benzene rings is 1. The highest BCUT2D eigenvalue weighted by atomic mass is 16.5. The quantitative estimate of drug-likeness (QED) is 0.853. The van der Waals surface area contributed by atoms with Gasteiger partial charge < -0.3 is 9.84 Å². The van der Waals surface area contributed by atoms with Gasteiger partial charge in [0.15, 0.2) is 11.5 Å². The highest BCUT2D eigenvalue weighted by Crippen LogP contribution is 2.20. The van der Waals surface area contributed by atoms with Crippen molar-refractivity contribution in [3.63, 3.8) is 0 Å². The van der Waals surface area contributed by atoms with Crippen LogP contribution in [0, 0.1) is 12.8 Å². The summed E-state index contributed by atoms with van der Waals surface area (Å²) in [6, 6.07) is 9.00. The van der Waals surface area contributed by atoms with Crippen LogP contribution in [0.5, 0.6) is 0 Å². The summed E-state index contributed by atoms with van der Waals surface area (Å²) < 4.78 is 5.12. The largest absolute Gasteiger partial charge is 0.476 e. The first kappa shape index (κ1) is 16.6. The maximum Gasteiger partial charge on any atom is 0.355 e. The maximum absolute atomic E-state index is 12.2. The zero-order valence-electron chi connectivity index (χ0n) is 13.2. The second-order valence-corrected chi connectivity index (χ2v) is 5.52. The number of hydrogen-bond donors (Lipinski definition) is 1. The average molecular weight is 314 g/mol. The number of carboxylic acid groups (broad SMARTS) is 1. The fourth-order valence-corrected chi connectivity index (χ4v) is 2.00. The van der Waals surface area contributed by atoms with Crippen LogP contribution in [0.1, 0.15) is 40.4 Å². The lowest BCUT2D eigenvalue weighted by atomic mass is 10.1. The van der Waals surface area contributed by atoms with Gasteiger partial charge in [0.25, 0.3) is 0 Å². The number of carbonyl (C=O) groups excluding carboxylic acids is 1. The number of rotatable bonds is 5. The second kappa shape index (κ2) is 7.00. The molecule has 1 aromatic heterocycles. The second-order valence-electron chi connectivity index (χ2n) is 5.52. The first-order valence-electron chi connectivity index (χ1n) is 7.24. The maximum atomic E-state index is 12.2. The van der Waals surface area contributed by atoms with E-state index in [0.717, 1.165) is 0 Å².